The lowest BCUT2D eigenvalue weighted by Crippen LogP contribution is -2.30. The van der Waals surface area contributed by atoms with Crippen LogP contribution in [-0.2, 0) is 0 Å². The Bertz CT molecular complexity index is 1540. The van der Waals surface area contributed by atoms with Gasteiger partial charge in [0.05, 0.1) is 11.7 Å². The number of rotatable bonds is 5. The van der Waals surface area contributed by atoms with Crippen LogP contribution in [0.3, 0.4) is 0 Å². The Morgan fingerprint density at radius 1 is 0.639 bits per heavy atom. The summed E-state index contributed by atoms with van der Waals surface area (Å²) in [6.45, 7) is 0. The topological polar surface area (TPSA) is 43.7 Å². The zero-order chi connectivity index (χ0) is 24.5. The molecule has 1 atom stereocenters. The Hall–Kier alpha value is -3.75. The molecule has 0 aromatic heterocycles. The third-order valence-electron chi connectivity index (χ3n) is 6.86. The molecule has 1 aliphatic carbocycles. The van der Waals surface area contributed by atoms with Gasteiger partial charge < -0.3 is 14.7 Å². The summed E-state index contributed by atoms with van der Waals surface area (Å²) in [6, 6.07) is 38.4. The van der Waals surface area contributed by atoms with Crippen LogP contribution in [-0.4, -0.2) is 15.8 Å². The molecule has 0 radical (unpaired) electrons. The van der Waals surface area contributed by atoms with Gasteiger partial charge in [-0.15, -0.1) is 0 Å². The molecule has 0 heterocycles. The Balaban J connectivity index is 1.67. The van der Waals surface area contributed by atoms with Crippen LogP contribution in [0, 0.1) is 0 Å². The summed E-state index contributed by atoms with van der Waals surface area (Å²) >= 11 is 0. The van der Waals surface area contributed by atoms with E-state index < -0.39 is 8.38 Å². The molecule has 0 aliphatic heterocycles. The van der Waals surface area contributed by atoms with Crippen LogP contribution in [0.2, 0.25) is 0 Å². The summed E-state index contributed by atoms with van der Waals surface area (Å²) in [6.07, 6.45) is 6.59. The summed E-state index contributed by atoms with van der Waals surface area (Å²) in [5.74, 6) is 0. The van der Waals surface area contributed by atoms with E-state index in [1.165, 1.54) is 32.7 Å². The average Bonchev–Trinajstić information content (AvgIpc) is 2.94. The molecule has 0 bridgehead atoms. The molecular weight excluding hydrogens is 461 g/mol. The quantitative estimate of drug-likeness (QED) is 0.194. The molecule has 1 unspecified atom stereocenters. The number of hydrogen-bond donors (Lipinski definition) is 2. The molecule has 2 N–H and O–H groups in total. The van der Waals surface area contributed by atoms with E-state index in [0.29, 0.717) is 11.7 Å². The van der Waals surface area contributed by atoms with Gasteiger partial charge in [-0.25, -0.2) is 0 Å². The first-order chi connectivity index (χ1) is 17.7. The van der Waals surface area contributed by atoms with E-state index in [0.717, 1.165) is 11.4 Å². The highest BCUT2D eigenvalue weighted by Gasteiger charge is 2.26. The van der Waals surface area contributed by atoms with Gasteiger partial charge >= 0.3 is 0 Å². The van der Waals surface area contributed by atoms with Gasteiger partial charge in [0.2, 0.25) is 0 Å². The number of hydrogen-bond acceptors (Lipinski definition) is 3. The molecule has 5 aromatic rings. The van der Waals surface area contributed by atoms with Gasteiger partial charge in [0, 0.05) is 21.8 Å². The van der Waals surface area contributed by atoms with Crippen LogP contribution in [0.1, 0.15) is 6.42 Å². The van der Waals surface area contributed by atoms with Crippen molar-refractivity contribution in [2.45, 2.75) is 12.5 Å². The van der Waals surface area contributed by atoms with Crippen LogP contribution >= 0.6 is 8.38 Å². The molecule has 0 amide bonds. The first kappa shape index (κ1) is 22.7. The van der Waals surface area contributed by atoms with Crippen molar-refractivity contribution < 1.29 is 9.79 Å². The minimum absolute atomic E-state index is 0.0282. The number of para-hydroxylation sites is 1. The standard InChI is InChI=1S/C32H26NO2P/c34-36(35)26-21-19-25(20-22-26)33(24-13-5-2-6-14-24)32-29-17-9-7-15-27(29)31(23-11-3-1-4-12-23)28-16-8-10-18-30(28)32/h1-19,21-22,25,34-35H,20H2. The summed E-state index contributed by atoms with van der Waals surface area (Å²) in [7, 11) is -2.10. The maximum absolute atomic E-state index is 9.74. The SMILES string of the molecule is OP(O)C1=CCC(N(c2ccccc2)c2c3ccccc3c(-c3ccccc3)c3ccccc23)C=C1. The largest absolute Gasteiger partial charge is 0.347 e. The second-order valence-electron chi connectivity index (χ2n) is 8.97. The third kappa shape index (κ3) is 4.02. The lowest BCUT2D eigenvalue weighted by atomic mass is 9.89. The first-order valence-corrected chi connectivity index (χ1v) is 13.4. The zero-order valence-electron chi connectivity index (χ0n) is 19.7. The van der Waals surface area contributed by atoms with Gasteiger partial charge in [-0.05, 0) is 40.5 Å². The Morgan fingerprint density at radius 2 is 1.17 bits per heavy atom. The highest BCUT2D eigenvalue weighted by molar-refractivity contribution is 7.50. The van der Waals surface area contributed by atoms with E-state index in [2.05, 4.69) is 114 Å². The molecule has 0 saturated heterocycles. The van der Waals surface area contributed by atoms with Crippen molar-refractivity contribution in [1.29, 1.82) is 0 Å². The lowest BCUT2D eigenvalue weighted by molar-refractivity contribution is 0.492. The molecule has 1 aliphatic rings. The van der Waals surface area contributed by atoms with Gasteiger partial charge in [0.15, 0.2) is 8.38 Å². The van der Waals surface area contributed by atoms with Gasteiger partial charge in [-0.2, -0.15) is 0 Å². The fourth-order valence-electron chi connectivity index (χ4n) is 5.29. The predicted molar refractivity (Wildman–Crippen MR) is 152 cm³/mol. The van der Waals surface area contributed by atoms with Crippen molar-refractivity contribution in [1.82, 2.24) is 0 Å². The maximum atomic E-state index is 9.74. The highest BCUT2D eigenvalue weighted by Crippen LogP contribution is 2.47. The molecule has 3 nitrogen and oxygen atoms in total. The van der Waals surface area contributed by atoms with E-state index in [4.69, 9.17) is 0 Å². The monoisotopic (exact) mass is 487 g/mol. The molecule has 4 heteroatoms. The van der Waals surface area contributed by atoms with Crippen LogP contribution in [0.15, 0.2) is 133 Å². The third-order valence-corrected chi connectivity index (χ3v) is 7.65. The summed E-state index contributed by atoms with van der Waals surface area (Å²) in [4.78, 5) is 21.9. The molecule has 6 rings (SSSR count). The predicted octanol–water partition coefficient (Wildman–Crippen LogP) is 8.31. The number of anilines is 2. The van der Waals surface area contributed by atoms with Crippen LogP contribution in [0.4, 0.5) is 11.4 Å². The molecular formula is C32H26NO2P. The number of allylic oxidation sites excluding steroid dienone is 2. The van der Waals surface area contributed by atoms with E-state index in [1.54, 1.807) is 0 Å². The van der Waals surface area contributed by atoms with Crippen LogP contribution in [0.25, 0.3) is 32.7 Å². The fraction of sp³-hybridized carbons (Fsp3) is 0.0625. The maximum Gasteiger partial charge on any atom is 0.199 e. The van der Waals surface area contributed by atoms with Crippen LogP contribution in [0.5, 0.6) is 0 Å². The smallest absolute Gasteiger partial charge is 0.199 e. The Labute approximate surface area is 212 Å². The highest BCUT2D eigenvalue weighted by atomic mass is 31.2. The Morgan fingerprint density at radius 3 is 1.69 bits per heavy atom. The normalized spacial score (nSPS) is 15.4. The minimum Gasteiger partial charge on any atom is -0.347 e. The second-order valence-corrected chi connectivity index (χ2v) is 10.1. The van der Waals surface area contributed by atoms with Crippen molar-refractivity contribution in [2.24, 2.45) is 0 Å². The van der Waals surface area contributed by atoms with Crippen LogP contribution < -0.4 is 4.90 Å². The van der Waals surface area contributed by atoms with Crippen molar-refractivity contribution in [3.05, 3.63) is 133 Å². The van der Waals surface area contributed by atoms with E-state index in [-0.39, 0.29) is 6.04 Å². The average molecular weight is 488 g/mol. The zero-order valence-corrected chi connectivity index (χ0v) is 20.6. The Kier molecular flexibility index (Phi) is 6.13. The molecule has 0 spiro atoms. The van der Waals surface area contributed by atoms with Crippen molar-refractivity contribution in [3.63, 3.8) is 0 Å². The van der Waals surface area contributed by atoms with Gasteiger partial charge in [0.1, 0.15) is 0 Å². The van der Waals surface area contributed by atoms with E-state index >= 15 is 0 Å². The molecule has 36 heavy (non-hydrogen) atoms. The summed E-state index contributed by atoms with van der Waals surface area (Å²) in [5, 5.41) is 5.40. The number of benzene rings is 5. The number of nitrogens with zero attached hydrogens (tertiary/aromatic N) is 1. The van der Waals surface area contributed by atoms with Gasteiger partial charge in [-0.1, -0.05) is 115 Å². The van der Waals surface area contributed by atoms with Gasteiger partial charge in [0.25, 0.3) is 0 Å². The second kappa shape index (κ2) is 9.72. The van der Waals surface area contributed by atoms with E-state index in [1.807, 2.05) is 18.2 Å². The summed E-state index contributed by atoms with van der Waals surface area (Å²) < 4.78 is 0. The molecule has 0 saturated carbocycles. The first-order valence-electron chi connectivity index (χ1n) is 12.1. The van der Waals surface area contributed by atoms with Gasteiger partial charge in [-0.3, -0.25) is 0 Å². The fourth-order valence-corrected chi connectivity index (χ4v) is 5.78. The van der Waals surface area contributed by atoms with Crippen molar-refractivity contribution in [3.8, 4) is 11.1 Å². The molecule has 176 valence electrons. The summed E-state index contributed by atoms with van der Waals surface area (Å²) in [5.41, 5.74) is 4.70. The minimum atomic E-state index is -2.10. The van der Waals surface area contributed by atoms with Crippen molar-refractivity contribution >= 4 is 41.3 Å². The molecule has 5 aromatic carbocycles. The molecule has 0 fully saturated rings. The van der Waals surface area contributed by atoms with E-state index in [9.17, 15) is 9.79 Å². The van der Waals surface area contributed by atoms with Crippen molar-refractivity contribution in [2.75, 3.05) is 4.90 Å². The lowest BCUT2D eigenvalue weighted by Gasteiger charge is -2.35. The number of fused-ring (bicyclic) bond motifs is 2.